The van der Waals surface area contributed by atoms with Gasteiger partial charge in [-0.1, -0.05) is 0 Å². The van der Waals surface area contributed by atoms with Crippen LogP contribution >= 0.6 is 0 Å². The Bertz CT molecular complexity index is 326. The SMILES string of the molecule is CC(=O)c1coc(CC2CCCO2)n1. The summed E-state index contributed by atoms with van der Waals surface area (Å²) < 4.78 is 10.6. The van der Waals surface area contributed by atoms with Crippen LogP contribution in [0.15, 0.2) is 10.7 Å². The third-order valence-electron chi connectivity index (χ3n) is 2.34. The number of rotatable bonds is 3. The van der Waals surface area contributed by atoms with Gasteiger partial charge < -0.3 is 9.15 Å². The molecule has 0 N–H and O–H groups in total. The summed E-state index contributed by atoms with van der Waals surface area (Å²) in [5, 5.41) is 0. The van der Waals surface area contributed by atoms with Gasteiger partial charge in [-0.2, -0.15) is 0 Å². The lowest BCUT2D eigenvalue weighted by atomic mass is 10.2. The first-order valence-corrected chi connectivity index (χ1v) is 4.82. The minimum atomic E-state index is -0.0626. The number of oxazole rings is 1. The zero-order valence-electron chi connectivity index (χ0n) is 8.16. The smallest absolute Gasteiger partial charge is 0.197 e. The summed E-state index contributed by atoms with van der Waals surface area (Å²) in [6, 6.07) is 0. The first kappa shape index (κ1) is 9.40. The third-order valence-corrected chi connectivity index (χ3v) is 2.34. The van der Waals surface area contributed by atoms with Gasteiger partial charge >= 0.3 is 0 Å². The Morgan fingerprint density at radius 1 is 1.71 bits per heavy atom. The van der Waals surface area contributed by atoms with Gasteiger partial charge in [0.25, 0.3) is 0 Å². The summed E-state index contributed by atoms with van der Waals surface area (Å²) in [6.45, 7) is 2.30. The number of nitrogens with zero attached hydrogens (tertiary/aromatic N) is 1. The molecule has 1 saturated heterocycles. The number of ketones is 1. The van der Waals surface area contributed by atoms with Crippen molar-refractivity contribution in [1.82, 2.24) is 4.98 Å². The maximum Gasteiger partial charge on any atom is 0.197 e. The molecule has 4 nitrogen and oxygen atoms in total. The van der Waals surface area contributed by atoms with Crippen LogP contribution in [0.1, 0.15) is 36.1 Å². The topological polar surface area (TPSA) is 52.3 Å². The average Bonchev–Trinajstić information content (AvgIpc) is 2.75. The number of Topliss-reactive ketones (excluding diaryl/α,β-unsaturated/α-hetero) is 1. The molecule has 1 atom stereocenters. The first-order chi connectivity index (χ1) is 6.75. The van der Waals surface area contributed by atoms with Gasteiger partial charge in [-0.25, -0.2) is 4.98 Å². The molecule has 1 fully saturated rings. The van der Waals surface area contributed by atoms with E-state index in [1.54, 1.807) is 0 Å². The standard InChI is InChI=1S/C10H13NO3/c1-7(12)9-6-14-10(11-9)5-8-3-2-4-13-8/h6,8H,2-5H2,1H3. The van der Waals surface area contributed by atoms with E-state index in [0.29, 0.717) is 18.0 Å². The molecule has 0 saturated carbocycles. The Labute approximate surface area is 82.3 Å². The fourth-order valence-electron chi connectivity index (χ4n) is 1.57. The van der Waals surface area contributed by atoms with Crippen molar-refractivity contribution in [2.45, 2.75) is 32.3 Å². The van der Waals surface area contributed by atoms with E-state index in [4.69, 9.17) is 9.15 Å². The van der Waals surface area contributed by atoms with Crippen LogP contribution in [0, 0.1) is 0 Å². The third kappa shape index (κ3) is 2.01. The summed E-state index contributed by atoms with van der Waals surface area (Å²) >= 11 is 0. The minimum absolute atomic E-state index is 0.0626. The zero-order valence-corrected chi connectivity index (χ0v) is 8.16. The highest BCUT2D eigenvalue weighted by Crippen LogP contribution is 2.16. The highest BCUT2D eigenvalue weighted by Gasteiger charge is 2.19. The van der Waals surface area contributed by atoms with Crippen LogP contribution in [0.5, 0.6) is 0 Å². The molecular weight excluding hydrogens is 182 g/mol. The molecule has 0 aromatic carbocycles. The molecule has 1 aromatic rings. The molecule has 0 bridgehead atoms. The number of hydrogen-bond donors (Lipinski definition) is 0. The lowest BCUT2D eigenvalue weighted by molar-refractivity contribution is 0.101. The largest absolute Gasteiger partial charge is 0.448 e. The van der Waals surface area contributed by atoms with Crippen molar-refractivity contribution in [3.05, 3.63) is 17.8 Å². The fraction of sp³-hybridized carbons (Fsp3) is 0.600. The van der Waals surface area contributed by atoms with Crippen molar-refractivity contribution in [3.8, 4) is 0 Å². The van der Waals surface area contributed by atoms with Crippen LogP contribution in [0.2, 0.25) is 0 Å². The van der Waals surface area contributed by atoms with Gasteiger partial charge in [0.2, 0.25) is 0 Å². The number of aromatic nitrogens is 1. The maximum atomic E-state index is 10.9. The lowest BCUT2D eigenvalue weighted by Gasteiger charge is -2.04. The van der Waals surface area contributed by atoms with Crippen LogP contribution in [0.3, 0.4) is 0 Å². The average molecular weight is 195 g/mol. The second-order valence-corrected chi connectivity index (χ2v) is 3.52. The monoisotopic (exact) mass is 195 g/mol. The van der Waals surface area contributed by atoms with E-state index in [0.717, 1.165) is 19.4 Å². The molecule has 0 aliphatic carbocycles. The van der Waals surface area contributed by atoms with E-state index < -0.39 is 0 Å². The Kier molecular flexibility index (Phi) is 2.63. The number of carbonyl (C=O) groups is 1. The quantitative estimate of drug-likeness (QED) is 0.687. The zero-order chi connectivity index (χ0) is 9.97. The molecule has 1 aliphatic heterocycles. The van der Waals surface area contributed by atoms with Gasteiger partial charge in [0.1, 0.15) is 12.0 Å². The Morgan fingerprint density at radius 2 is 2.57 bits per heavy atom. The molecule has 4 heteroatoms. The van der Waals surface area contributed by atoms with Crippen molar-refractivity contribution < 1.29 is 13.9 Å². The van der Waals surface area contributed by atoms with Gasteiger partial charge in [-0.3, -0.25) is 4.79 Å². The first-order valence-electron chi connectivity index (χ1n) is 4.82. The molecule has 2 heterocycles. The van der Waals surface area contributed by atoms with Crippen molar-refractivity contribution in [2.24, 2.45) is 0 Å². The fourth-order valence-corrected chi connectivity index (χ4v) is 1.57. The maximum absolute atomic E-state index is 10.9. The highest BCUT2D eigenvalue weighted by atomic mass is 16.5. The summed E-state index contributed by atoms with van der Waals surface area (Å²) in [6.07, 6.45) is 4.45. The van der Waals surface area contributed by atoms with Gasteiger partial charge in [0.15, 0.2) is 11.7 Å². The van der Waals surface area contributed by atoms with Gasteiger partial charge in [0, 0.05) is 13.5 Å². The second kappa shape index (κ2) is 3.92. The number of ether oxygens (including phenoxy) is 1. The summed E-state index contributed by atoms with van der Waals surface area (Å²) in [7, 11) is 0. The molecular formula is C10H13NO3. The molecule has 2 rings (SSSR count). The van der Waals surface area contributed by atoms with Crippen molar-refractivity contribution in [2.75, 3.05) is 6.61 Å². The van der Waals surface area contributed by atoms with Crippen LogP contribution in [-0.4, -0.2) is 23.5 Å². The van der Waals surface area contributed by atoms with Gasteiger partial charge in [-0.15, -0.1) is 0 Å². The normalized spacial score (nSPS) is 21.4. The molecule has 0 radical (unpaired) electrons. The molecule has 76 valence electrons. The van der Waals surface area contributed by atoms with Crippen LogP contribution in [-0.2, 0) is 11.2 Å². The van der Waals surface area contributed by atoms with E-state index in [2.05, 4.69) is 4.98 Å². The summed E-state index contributed by atoms with van der Waals surface area (Å²) in [4.78, 5) is 15.0. The second-order valence-electron chi connectivity index (χ2n) is 3.52. The Balaban J connectivity index is 1.98. The van der Waals surface area contributed by atoms with Crippen LogP contribution in [0.4, 0.5) is 0 Å². The lowest BCUT2D eigenvalue weighted by Crippen LogP contribution is -2.09. The predicted octanol–water partition coefficient (Wildman–Crippen LogP) is 1.60. The van der Waals surface area contributed by atoms with Crippen LogP contribution < -0.4 is 0 Å². The predicted molar refractivity (Wildman–Crippen MR) is 49.2 cm³/mol. The van der Waals surface area contributed by atoms with E-state index >= 15 is 0 Å². The number of carbonyl (C=O) groups excluding carboxylic acids is 1. The van der Waals surface area contributed by atoms with E-state index in [1.807, 2.05) is 0 Å². The summed E-state index contributed by atoms with van der Waals surface area (Å²) in [5.74, 6) is 0.537. The van der Waals surface area contributed by atoms with E-state index in [9.17, 15) is 4.79 Å². The molecule has 1 unspecified atom stereocenters. The minimum Gasteiger partial charge on any atom is -0.448 e. The molecule has 14 heavy (non-hydrogen) atoms. The Hall–Kier alpha value is -1.16. The highest BCUT2D eigenvalue weighted by molar-refractivity contribution is 5.91. The Morgan fingerprint density at radius 3 is 3.14 bits per heavy atom. The molecule has 1 aromatic heterocycles. The molecule has 0 spiro atoms. The van der Waals surface area contributed by atoms with Gasteiger partial charge in [-0.05, 0) is 12.8 Å². The molecule has 0 amide bonds. The molecule has 1 aliphatic rings. The summed E-state index contributed by atoms with van der Waals surface area (Å²) in [5.41, 5.74) is 0.401. The number of hydrogen-bond acceptors (Lipinski definition) is 4. The van der Waals surface area contributed by atoms with Crippen molar-refractivity contribution >= 4 is 5.78 Å². The van der Waals surface area contributed by atoms with Crippen molar-refractivity contribution in [3.63, 3.8) is 0 Å². The van der Waals surface area contributed by atoms with Crippen molar-refractivity contribution in [1.29, 1.82) is 0 Å². The van der Waals surface area contributed by atoms with E-state index in [1.165, 1.54) is 13.2 Å². The van der Waals surface area contributed by atoms with E-state index in [-0.39, 0.29) is 11.9 Å². The van der Waals surface area contributed by atoms with Gasteiger partial charge in [0.05, 0.1) is 12.5 Å². The van der Waals surface area contributed by atoms with Crippen LogP contribution in [0.25, 0.3) is 0 Å².